The van der Waals surface area contributed by atoms with Crippen LogP contribution in [0.15, 0.2) is 28.9 Å². The summed E-state index contributed by atoms with van der Waals surface area (Å²) in [6.07, 6.45) is 4.16. The van der Waals surface area contributed by atoms with Crippen molar-refractivity contribution < 1.29 is 0 Å². The van der Waals surface area contributed by atoms with Gasteiger partial charge < -0.3 is 4.90 Å². The summed E-state index contributed by atoms with van der Waals surface area (Å²) < 4.78 is 0. The first-order chi connectivity index (χ1) is 6.09. The van der Waals surface area contributed by atoms with Crippen LogP contribution in [-0.4, -0.2) is 24.3 Å². The van der Waals surface area contributed by atoms with Gasteiger partial charge in [-0.2, -0.15) is 0 Å². The molecule has 0 radical (unpaired) electrons. The van der Waals surface area contributed by atoms with Crippen LogP contribution in [0.2, 0.25) is 0 Å². The highest BCUT2D eigenvalue weighted by atomic mass is 15.2. The number of hydrogen-bond acceptors (Lipinski definition) is 2. The van der Waals surface area contributed by atoms with Gasteiger partial charge in [-0.25, -0.2) is 0 Å². The molecular weight excluding hydrogens is 160 g/mol. The Bertz CT molecular complexity index is 249. The first kappa shape index (κ1) is 10.0. The molecule has 0 unspecified atom stereocenters. The molecule has 1 heterocycles. The lowest BCUT2D eigenvalue weighted by molar-refractivity contribution is 0.410. The molecule has 0 aromatic carbocycles. The van der Waals surface area contributed by atoms with Crippen molar-refractivity contribution in [3.63, 3.8) is 0 Å². The molecule has 0 N–H and O–H groups in total. The van der Waals surface area contributed by atoms with Gasteiger partial charge >= 0.3 is 0 Å². The van der Waals surface area contributed by atoms with Gasteiger partial charge in [0.1, 0.15) is 6.67 Å². The second-order valence-electron chi connectivity index (χ2n) is 3.94. The maximum Gasteiger partial charge on any atom is 0.110 e. The lowest BCUT2D eigenvalue weighted by Crippen LogP contribution is -2.24. The average Bonchev–Trinajstić information content (AvgIpc) is 2.03. The minimum Gasteiger partial charge on any atom is -0.354 e. The molecule has 2 heteroatoms. The Balaban J connectivity index is 2.61. The van der Waals surface area contributed by atoms with Gasteiger partial charge in [0.15, 0.2) is 0 Å². The van der Waals surface area contributed by atoms with Crippen molar-refractivity contribution in [3.8, 4) is 0 Å². The zero-order valence-electron chi connectivity index (χ0n) is 8.75. The van der Waals surface area contributed by atoms with E-state index in [1.807, 2.05) is 13.1 Å². The number of rotatable bonds is 3. The molecule has 2 nitrogen and oxygen atoms in total. The van der Waals surface area contributed by atoms with E-state index in [4.69, 9.17) is 0 Å². The summed E-state index contributed by atoms with van der Waals surface area (Å²) in [5.74, 6) is 0.552. The third-order valence-electron chi connectivity index (χ3n) is 1.97. The number of allylic oxidation sites excluding steroid dienone is 1. The van der Waals surface area contributed by atoms with Gasteiger partial charge in [0.25, 0.3) is 0 Å². The Morgan fingerprint density at radius 3 is 2.92 bits per heavy atom. The van der Waals surface area contributed by atoms with Crippen LogP contribution < -0.4 is 0 Å². The second kappa shape index (κ2) is 4.26. The van der Waals surface area contributed by atoms with Gasteiger partial charge in [-0.15, -0.1) is 0 Å². The van der Waals surface area contributed by atoms with E-state index in [0.717, 1.165) is 13.2 Å². The molecule has 0 amide bonds. The Kier molecular flexibility index (Phi) is 3.29. The predicted molar refractivity (Wildman–Crippen MR) is 57.8 cm³/mol. The average molecular weight is 178 g/mol. The van der Waals surface area contributed by atoms with Crippen LogP contribution in [0.4, 0.5) is 0 Å². The fourth-order valence-corrected chi connectivity index (χ4v) is 1.28. The van der Waals surface area contributed by atoms with E-state index < -0.39 is 0 Å². The van der Waals surface area contributed by atoms with Crippen molar-refractivity contribution in [1.82, 2.24) is 4.90 Å². The van der Waals surface area contributed by atoms with Crippen molar-refractivity contribution in [2.45, 2.75) is 20.8 Å². The van der Waals surface area contributed by atoms with E-state index in [1.54, 1.807) is 0 Å². The molecule has 0 aromatic heterocycles. The molecule has 0 saturated heterocycles. The normalized spacial score (nSPS) is 16.3. The maximum absolute atomic E-state index is 4.31. The van der Waals surface area contributed by atoms with Gasteiger partial charge in [-0.1, -0.05) is 26.0 Å². The standard InChI is InChI=1S/C11H18N2/c1-9(2)6-13-7-11(10(3)4)5-12-8-13/h5,7,10H,1,6,8H2,2-4H3. The highest BCUT2D eigenvalue weighted by molar-refractivity contribution is 5.79. The second-order valence-corrected chi connectivity index (χ2v) is 3.94. The molecule has 0 aromatic rings. The van der Waals surface area contributed by atoms with E-state index in [1.165, 1.54) is 11.1 Å². The molecule has 0 fully saturated rings. The van der Waals surface area contributed by atoms with Crippen molar-refractivity contribution in [3.05, 3.63) is 23.9 Å². The summed E-state index contributed by atoms with van der Waals surface area (Å²) in [6.45, 7) is 12.0. The first-order valence-corrected chi connectivity index (χ1v) is 4.69. The van der Waals surface area contributed by atoms with Crippen LogP contribution in [0.25, 0.3) is 0 Å². The Hall–Kier alpha value is -1.05. The lowest BCUT2D eigenvalue weighted by Gasteiger charge is -2.23. The molecule has 0 saturated carbocycles. The van der Waals surface area contributed by atoms with Crippen molar-refractivity contribution in [1.29, 1.82) is 0 Å². The Morgan fingerprint density at radius 2 is 2.38 bits per heavy atom. The molecule has 13 heavy (non-hydrogen) atoms. The SMILES string of the molecule is C=C(C)CN1C=C(C(C)C)C=NC1. The molecule has 0 spiro atoms. The smallest absolute Gasteiger partial charge is 0.110 e. The molecule has 0 bridgehead atoms. The van der Waals surface area contributed by atoms with Gasteiger partial charge in [0.2, 0.25) is 0 Å². The van der Waals surface area contributed by atoms with E-state index in [2.05, 4.69) is 36.5 Å². The van der Waals surface area contributed by atoms with Gasteiger partial charge in [0.05, 0.1) is 0 Å². The quantitative estimate of drug-likeness (QED) is 0.606. The zero-order valence-corrected chi connectivity index (χ0v) is 8.75. The predicted octanol–water partition coefficient (Wildman–Crippen LogP) is 2.45. The van der Waals surface area contributed by atoms with Gasteiger partial charge in [0, 0.05) is 19.0 Å². The van der Waals surface area contributed by atoms with E-state index in [-0.39, 0.29) is 0 Å². The monoisotopic (exact) mass is 178 g/mol. The molecule has 1 aliphatic rings. The minimum atomic E-state index is 0.552. The summed E-state index contributed by atoms with van der Waals surface area (Å²) in [5.41, 5.74) is 2.48. The van der Waals surface area contributed by atoms with Crippen LogP contribution in [0, 0.1) is 5.92 Å². The van der Waals surface area contributed by atoms with Crippen LogP contribution in [0.5, 0.6) is 0 Å². The fraction of sp³-hybridized carbons (Fsp3) is 0.545. The third kappa shape index (κ3) is 3.05. The summed E-state index contributed by atoms with van der Waals surface area (Å²) in [4.78, 5) is 6.50. The van der Waals surface area contributed by atoms with Gasteiger partial charge in [-0.05, 0) is 18.4 Å². The molecule has 0 aliphatic carbocycles. The van der Waals surface area contributed by atoms with Gasteiger partial charge in [-0.3, -0.25) is 4.99 Å². The van der Waals surface area contributed by atoms with Crippen LogP contribution in [-0.2, 0) is 0 Å². The van der Waals surface area contributed by atoms with E-state index >= 15 is 0 Å². The lowest BCUT2D eigenvalue weighted by atomic mass is 10.1. The zero-order chi connectivity index (χ0) is 9.84. The molecule has 72 valence electrons. The minimum absolute atomic E-state index is 0.552. The number of aliphatic imine (C=N–C) groups is 1. The molecule has 1 aliphatic heterocycles. The largest absolute Gasteiger partial charge is 0.354 e. The van der Waals surface area contributed by atoms with E-state index in [0.29, 0.717) is 5.92 Å². The summed E-state index contributed by atoms with van der Waals surface area (Å²) in [7, 11) is 0. The third-order valence-corrected chi connectivity index (χ3v) is 1.97. The molecule has 1 rings (SSSR count). The van der Waals surface area contributed by atoms with Crippen LogP contribution >= 0.6 is 0 Å². The summed E-state index contributed by atoms with van der Waals surface area (Å²) in [6, 6.07) is 0. The summed E-state index contributed by atoms with van der Waals surface area (Å²) >= 11 is 0. The highest BCUT2D eigenvalue weighted by Gasteiger charge is 2.08. The fourth-order valence-electron chi connectivity index (χ4n) is 1.28. The number of hydrogen-bond donors (Lipinski definition) is 0. The molecule has 0 atom stereocenters. The van der Waals surface area contributed by atoms with Crippen molar-refractivity contribution in [2.75, 3.05) is 13.2 Å². The van der Waals surface area contributed by atoms with Crippen molar-refractivity contribution >= 4 is 6.21 Å². The number of nitrogens with zero attached hydrogens (tertiary/aromatic N) is 2. The van der Waals surface area contributed by atoms with E-state index in [9.17, 15) is 0 Å². The first-order valence-electron chi connectivity index (χ1n) is 4.69. The van der Waals surface area contributed by atoms with Crippen molar-refractivity contribution in [2.24, 2.45) is 10.9 Å². The Morgan fingerprint density at radius 1 is 1.69 bits per heavy atom. The van der Waals surface area contributed by atoms with Crippen LogP contribution in [0.1, 0.15) is 20.8 Å². The van der Waals surface area contributed by atoms with Crippen LogP contribution in [0.3, 0.4) is 0 Å². The highest BCUT2D eigenvalue weighted by Crippen LogP contribution is 2.12. The topological polar surface area (TPSA) is 15.6 Å². The summed E-state index contributed by atoms with van der Waals surface area (Å²) in [5, 5.41) is 0. The molecular formula is C11H18N2. The Labute approximate surface area is 80.7 Å². The maximum atomic E-state index is 4.31.